The third-order valence-corrected chi connectivity index (χ3v) is 5.25. The van der Waals surface area contributed by atoms with Crippen LogP contribution in [0.25, 0.3) is 0 Å². The second kappa shape index (κ2) is 6.17. The molecule has 0 radical (unpaired) electrons. The molecule has 1 atom stereocenters. The van der Waals surface area contributed by atoms with Gasteiger partial charge in [-0.1, -0.05) is 29.8 Å². The molecule has 0 bridgehead atoms. The molecule has 106 valence electrons. The van der Waals surface area contributed by atoms with Crippen molar-refractivity contribution in [3.05, 3.63) is 51.2 Å². The third-order valence-electron chi connectivity index (χ3n) is 3.92. The van der Waals surface area contributed by atoms with E-state index in [0.717, 1.165) is 17.3 Å². The molecule has 2 nitrogen and oxygen atoms in total. The number of fused-ring (bicyclic) bond motifs is 1. The van der Waals surface area contributed by atoms with E-state index in [1.54, 1.807) is 11.3 Å². The summed E-state index contributed by atoms with van der Waals surface area (Å²) < 4.78 is 0.835. The van der Waals surface area contributed by atoms with Crippen LogP contribution >= 0.6 is 22.9 Å². The SMILES string of the molecule is NCC(c1ccc(Cl)s1)N1CCCCc2ccccc21. The average molecular weight is 307 g/mol. The molecule has 0 aliphatic carbocycles. The van der Waals surface area contributed by atoms with E-state index >= 15 is 0 Å². The number of anilines is 1. The Labute approximate surface area is 129 Å². The summed E-state index contributed by atoms with van der Waals surface area (Å²) in [6, 6.07) is 13.0. The maximum Gasteiger partial charge on any atom is 0.0932 e. The number of rotatable bonds is 3. The predicted octanol–water partition coefficient (Wildman–Crippen LogP) is 4.24. The largest absolute Gasteiger partial charge is 0.362 e. The zero-order chi connectivity index (χ0) is 13.9. The molecule has 0 fully saturated rings. The van der Waals surface area contributed by atoms with E-state index in [1.807, 2.05) is 6.07 Å². The molecule has 0 spiro atoms. The molecule has 0 saturated heterocycles. The molecular formula is C16H19ClN2S. The summed E-state index contributed by atoms with van der Waals surface area (Å²) >= 11 is 7.73. The minimum Gasteiger partial charge on any atom is -0.362 e. The Bertz CT molecular complexity index is 581. The van der Waals surface area contributed by atoms with Crippen molar-refractivity contribution in [3.63, 3.8) is 0 Å². The average Bonchev–Trinajstić information content (AvgIpc) is 2.78. The lowest BCUT2D eigenvalue weighted by atomic mass is 10.1. The van der Waals surface area contributed by atoms with Crippen LogP contribution in [0.2, 0.25) is 4.34 Å². The highest BCUT2D eigenvalue weighted by atomic mass is 35.5. The van der Waals surface area contributed by atoms with Gasteiger partial charge in [0.2, 0.25) is 0 Å². The summed E-state index contributed by atoms with van der Waals surface area (Å²) in [6.07, 6.45) is 3.62. The molecular weight excluding hydrogens is 288 g/mol. The maximum atomic E-state index is 6.09. The normalized spacial score (nSPS) is 16.6. The van der Waals surface area contributed by atoms with Crippen LogP contribution in [0.1, 0.15) is 29.3 Å². The van der Waals surface area contributed by atoms with Crippen molar-refractivity contribution in [2.45, 2.75) is 25.3 Å². The topological polar surface area (TPSA) is 29.3 Å². The van der Waals surface area contributed by atoms with Gasteiger partial charge >= 0.3 is 0 Å². The van der Waals surface area contributed by atoms with Crippen LogP contribution in [-0.4, -0.2) is 13.1 Å². The fourth-order valence-corrected chi connectivity index (χ4v) is 4.14. The van der Waals surface area contributed by atoms with Crippen molar-refractivity contribution in [2.24, 2.45) is 5.73 Å². The summed E-state index contributed by atoms with van der Waals surface area (Å²) in [5.41, 5.74) is 8.85. The number of aryl methyl sites for hydroxylation is 1. The molecule has 2 heterocycles. The first kappa shape index (κ1) is 13.9. The lowest BCUT2D eigenvalue weighted by molar-refractivity contribution is 0.618. The van der Waals surface area contributed by atoms with E-state index in [2.05, 4.69) is 35.2 Å². The van der Waals surface area contributed by atoms with Crippen molar-refractivity contribution in [2.75, 3.05) is 18.0 Å². The highest BCUT2D eigenvalue weighted by Gasteiger charge is 2.24. The van der Waals surface area contributed by atoms with Gasteiger partial charge in [0.25, 0.3) is 0 Å². The Morgan fingerprint density at radius 1 is 1.20 bits per heavy atom. The van der Waals surface area contributed by atoms with Crippen LogP contribution in [-0.2, 0) is 6.42 Å². The van der Waals surface area contributed by atoms with Gasteiger partial charge in [0.1, 0.15) is 0 Å². The molecule has 0 saturated carbocycles. The van der Waals surface area contributed by atoms with E-state index in [-0.39, 0.29) is 6.04 Å². The lowest BCUT2D eigenvalue weighted by Crippen LogP contribution is -2.34. The standard InChI is InChI=1S/C16H19ClN2S/c17-16-9-8-15(20-16)14(11-18)19-10-4-3-6-12-5-1-2-7-13(12)19/h1-2,5,7-9,14H,3-4,6,10-11,18H2. The van der Waals surface area contributed by atoms with Gasteiger partial charge in [-0.15, -0.1) is 11.3 Å². The smallest absolute Gasteiger partial charge is 0.0932 e. The number of nitrogens with zero attached hydrogens (tertiary/aromatic N) is 1. The van der Waals surface area contributed by atoms with Gasteiger partial charge in [-0.25, -0.2) is 0 Å². The molecule has 1 aromatic heterocycles. The van der Waals surface area contributed by atoms with Crippen molar-refractivity contribution in [3.8, 4) is 0 Å². The number of hydrogen-bond donors (Lipinski definition) is 1. The van der Waals surface area contributed by atoms with Crippen LogP contribution < -0.4 is 10.6 Å². The summed E-state index contributed by atoms with van der Waals surface area (Å²) in [4.78, 5) is 3.72. The zero-order valence-electron chi connectivity index (χ0n) is 11.4. The van der Waals surface area contributed by atoms with E-state index in [1.165, 1.54) is 29.0 Å². The molecule has 1 aromatic carbocycles. The van der Waals surface area contributed by atoms with Crippen molar-refractivity contribution in [1.29, 1.82) is 0 Å². The van der Waals surface area contributed by atoms with Crippen LogP contribution in [0, 0.1) is 0 Å². The highest BCUT2D eigenvalue weighted by molar-refractivity contribution is 7.16. The first-order valence-electron chi connectivity index (χ1n) is 7.09. The number of para-hydroxylation sites is 1. The number of halogens is 1. The van der Waals surface area contributed by atoms with Crippen LogP contribution in [0.15, 0.2) is 36.4 Å². The number of nitrogens with two attached hydrogens (primary N) is 1. The van der Waals surface area contributed by atoms with E-state index in [9.17, 15) is 0 Å². The number of thiophene rings is 1. The monoisotopic (exact) mass is 306 g/mol. The Morgan fingerprint density at radius 2 is 2.05 bits per heavy atom. The maximum absolute atomic E-state index is 6.09. The van der Waals surface area contributed by atoms with E-state index in [4.69, 9.17) is 17.3 Å². The van der Waals surface area contributed by atoms with Crippen molar-refractivity contribution in [1.82, 2.24) is 0 Å². The van der Waals surface area contributed by atoms with Crippen LogP contribution in [0.4, 0.5) is 5.69 Å². The lowest BCUT2D eigenvalue weighted by Gasteiger charge is -2.32. The van der Waals surface area contributed by atoms with E-state index < -0.39 is 0 Å². The Kier molecular flexibility index (Phi) is 4.29. The molecule has 1 aliphatic heterocycles. The summed E-state index contributed by atoms with van der Waals surface area (Å²) in [5, 5.41) is 0. The van der Waals surface area contributed by atoms with E-state index in [0.29, 0.717) is 6.54 Å². The first-order valence-corrected chi connectivity index (χ1v) is 8.29. The van der Waals surface area contributed by atoms with Gasteiger partial charge in [0.05, 0.1) is 10.4 Å². The second-order valence-corrected chi connectivity index (χ2v) is 6.92. The van der Waals surface area contributed by atoms with Gasteiger partial charge in [-0.3, -0.25) is 0 Å². The fraction of sp³-hybridized carbons (Fsp3) is 0.375. The molecule has 3 rings (SSSR count). The van der Waals surface area contributed by atoms with Crippen molar-refractivity contribution >= 4 is 28.6 Å². The zero-order valence-corrected chi connectivity index (χ0v) is 13.0. The molecule has 1 aliphatic rings. The molecule has 1 unspecified atom stereocenters. The fourth-order valence-electron chi connectivity index (χ4n) is 2.95. The minimum absolute atomic E-state index is 0.228. The molecule has 4 heteroatoms. The molecule has 0 amide bonds. The Hall–Kier alpha value is -1.03. The first-order chi connectivity index (χ1) is 9.79. The van der Waals surface area contributed by atoms with Gasteiger partial charge in [0.15, 0.2) is 0 Å². The molecule has 20 heavy (non-hydrogen) atoms. The quantitative estimate of drug-likeness (QED) is 0.919. The van der Waals surface area contributed by atoms with Crippen molar-refractivity contribution < 1.29 is 0 Å². The van der Waals surface area contributed by atoms with Gasteiger partial charge in [-0.2, -0.15) is 0 Å². The highest BCUT2D eigenvalue weighted by Crippen LogP contribution is 2.36. The summed E-state index contributed by atoms with van der Waals surface area (Å²) in [7, 11) is 0. The van der Waals surface area contributed by atoms with Gasteiger partial charge in [-0.05, 0) is 43.0 Å². The van der Waals surface area contributed by atoms with Crippen LogP contribution in [0.3, 0.4) is 0 Å². The Morgan fingerprint density at radius 3 is 2.80 bits per heavy atom. The minimum atomic E-state index is 0.228. The number of hydrogen-bond acceptors (Lipinski definition) is 3. The third kappa shape index (κ3) is 2.71. The Balaban J connectivity index is 1.99. The molecule has 2 N–H and O–H groups in total. The number of benzene rings is 1. The van der Waals surface area contributed by atoms with Gasteiger partial charge < -0.3 is 10.6 Å². The second-order valence-electron chi connectivity index (χ2n) is 5.17. The van der Waals surface area contributed by atoms with Gasteiger partial charge in [0, 0.05) is 23.7 Å². The summed E-state index contributed by atoms with van der Waals surface area (Å²) in [5.74, 6) is 0. The molecule has 2 aromatic rings. The predicted molar refractivity (Wildman–Crippen MR) is 87.9 cm³/mol. The summed E-state index contributed by atoms with van der Waals surface area (Å²) in [6.45, 7) is 1.68. The van der Waals surface area contributed by atoms with Crippen LogP contribution in [0.5, 0.6) is 0 Å².